The third-order valence-electron chi connectivity index (χ3n) is 3.17. The monoisotopic (exact) mass is 339 g/mol. The van der Waals surface area contributed by atoms with Crippen LogP contribution in [0, 0.1) is 8.99 Å². The Morgan fingerprint density at radius 1 is 1.29 bits per heavy atom. The number of aromatic nitrogens is 3. The predicted octanol–water partition coefficient (Wildman–Crippen LogP) is 3.13. The number of fused-ring (bicyclic) bond motifs is 1. The number of rotatable bonds is 1. The van der Waals surface area contributed by atoms with E-state index in [1.807, 2.05) is 24.5 Å². The lowest BCUT2D eigenvalue weighted by atomic mass is 9.91. The maximum Gasteiger partial charge on any atom is 0.106 e. The second kappa shape index (κ2) is 3.80. The van der Waals surface area contributed by atoms with Crippen molar-refractivity contribution in [1.29, 1.82) is 0 Å². The molecule has 0 N–H and O–H groups in total. The van der Waals surface area contributed by atoms with Crippen LogP contribution in [0.3, 0.4) is 0 Å². The van der Waals surface area contributed by atoms with Crippen molar-refractivity contribution in [3.63, 3.8) is 0 Å². The molecule has 1 aliphatic heterocycles. The molecule has 0 saturated heterocycles. The van der Waals surface area contributed by atoms with Gasteiger partial charge >= 0.3 is 0 Å². The molecule has 3 rings (SSSR count). The van der Waals surface area contributed by atoms with Gasteiger partial charge in [-0.2, -0.15) is 5.10 Å². The maximum absolute atomic E-state index is 4.74. The van der Waals surface area contributed by atoms with Crippen molar-refractivity contribution < 1.29 is 0 Å². The fourth-order valence-electron chi connectivity index (χ4n) is 2.38. The standard InChI is InChI=1S/C13H14IN3/c1-13(2)7-10-11(14)12(16-17(10)8-13)9-3-5-15-6-4-9/h3-6H,7-8H2,1-2H3. The van der Waals surface area contributed by atoms with Gasteiger partial charge in [-0.3, -0.25) is 9.67 Å². The smallest absolute Gasteiger partial charge is 0.106 e. The number of hydrogen-bond donors (Lipinski definition) is 0. The molecule has 0 atom stereocenters. The van der Waals surface area contributed by atoms with Crippen LogP contribution in [0.5, 0.6) is 0 Å². The molecule has 3 nitrogen and oxygen atoms in total. The summed E-state index contributed by atoms with van der Waals surface area (Å²) in [6, 6.07) is 4.04. The molecule has 0 bridgehead atoms. The van der Waals surface area contributed by atoms with Crippen LogP contribution in [0.1, 0.15) is 19.5 Å². The zero-order valence-electron chi connectivity index (χ0n) is 9.94. The number of nitrogens with zero attached hydrogens (tertiary/aromatic N) is 3. The Labute approximate surface area is 114 Å². The Kier molecular flexibility index (Phi) is 2.50. The number of halogens is 1. The quantitative estimate of drug-likeness (QED) is 0.748. The SMILES string of the molecule is CC1(C)Cc2c(I)c(-c3ccncc3)nn2C1. The average Bonchev–Trinajstić information content (AvgIpc) is 2.75. The fourth-order valence-corrected chi connectivity index (χ4v) is 3.27. The summed E-state index contributed by atoms with van der Waals surface area (Å²) in [4.78, 5) is 4.05. The molecule has 0 amide bonds. The maximum atomic E-state index is 4.74. The minimum atomic E-state index is 0.346. The average molecular weight is 339 g/mol. The molecule has 0 spiro atoms. The summed E-state index contributed by atoms with van der Waals surface area (Å²) < 4.78 is 3.46. The molecular weight excluding hydrogens is 325 g/mol. The molecule has 17 heavy (non-hydrogen) atoms. The van der Waals surface area contributed by atoms with Crippen LogP contribution in [0.4, 0.5) is 0 Å². The van der Waals surface area contributed by atoms with Gasteiger partial charge in [0.05, 0.1) is 9.26 Å². The molecule has 2 aromatic heterocycles. The molecule has 3 heterocycles. The van der Waals surface area contributed by atoms with Crippen molar-refractivity contribution in [2.24, 2.45) is 5.41 Å². The van der Waals surface area contributed by atoms with Crippen molar-refractivity contribution in [2.45, 2.75) is 26.8 Å². The first-order chi connectivity index (χ1) is 8.07. The van der Waals surface area contributed by atoms with E-state index in [2.05, 4.69) is 46.1 Å². The Hall–Kier alpha value is -0.910. The van der Waals surface area contributed by atoms with E-state index >= 15 is 0 Å². The second-order valence-corrected chi connectivity index (χ2v) is 6.42. The Bertz CT molecular complexity index is 558. The van der Waals surface area contributed by atoms with E-state index in [9.17, 15) is 0 Å². The van der Waals surface area contributed by atoms with Crippen LogP contribution >= 0.6 is 22.6 Å². The van der Waals surface area contributed by atoms with Crippen LogP contribution < -0.4 is 0 Å². The summed E-state index contributed by atoms with van der Waals surface area (Å²) in [7, 11) is 0. The van der Waals surface area contributed by atoms with Gasteiger partial charge in [0, 0.05) is 24.5 Å². The highest BCUT2D eigenvalue weighted by Gasteiger charge is 2.32. The number of hydrogen-bond acceptors (Lipinski definition) is 2. The van der Waals surface area contributed by atoms with Crippen molar-refractivity contribution >= 4 is 22.6 Å². The Morgan fingerprint density at radius 3 is 2.65 bits per heavy atom. The third kappa shape index (κ3) is 1.88. The molecule has 88 valence electrons. The molecule has 4 heteroatoms. The minimum Gasteiger partial charge on any atom is -0.267 e. The van der Waals surface area contributed by atoms with Crippen molar-refractivity contribution in [3.05, 3.63) is 33.8 Å². The highest BCUT2D eigenvalue weighted by atomic mass is 127. The van der Waals surface area contributed by atoms with Crippen LogP contribution in [0.2, 0.25) is 0 Å². The summed E-state index contributed by atoms with van der Waals surface area (Å²) in [6.07, 6.45) is 4.75. The van der Waals surface area contributed by atoms with E-state index in [4.69, 9.17) is 5.10 Å². The summed E-state index contributed by atoms with van der Waals surface area (Å²) >= 11 is 2.42. The van der Waals surface area contributed by atoms with Gasteiger partial charge in [0.25, 0.3) is 0 Å². The summed E-state index contributed by atoms with van der Waals surface area (Å²) in [5.41, 5.74) is 3.98. The predicted molar refractivity (Wildman–Crippen MR) is 75.7 cm³/mol. The molecule has 0 saturated carbocycles. The van der Waals surface area contributed by atoms with Crippen LogP contribution in [0.25, 0.3) is 11.3 Å². The molecule has 0 aliphatic carbocycles. The number of pyridine rings is 1. The van der Waals surface area contributed by atoms with Gasteiger partial charge in [0.1, 0.15) is 5.69 Å². The fraction of sp³-hybridized carbons (Fsp3) is 0.385. The largest absolute Gasteiger partial charge is 0.267 e. The van der Waals surface area contributed by atoms with Gasteiger partial charge < -0.3 is 0 Å². The lowest BCUT2D eigenvalue weighted by Gasteiger charge is -2.14. The van der Waals surface area contributed by atoms with Gasteiger partial charge in [0.15, 0.2) is 0 Å². The van der Waals surface area contributed by atoms with Gasteiger partial charge in [0.2, 0.25) is 0 Å². The summed E-state index contributed by atoms with van der Waals surface area (Å²) in [6.45, 7) is 5.61. The summed E-state index contributed by atoms with van der Waals surface area (Å²) in [5, 5.41) is 4.74. The first-order valence-corrected chi connectivity index (χ1v) is 6.80. The van der Waals surface area contributed by atoms with Crippen LogP contribution in [-0.4, -0.2) is 14.8 Å². The van der Waals surface area contributed by atoms with E-state index in [0.717, 1.165) is 24.2 Å². The van der Waals surface area contributed by atoms with Crippen molar-refractivity contribution in [2.75, 3.05) is 0 Å². The van der Waals surface area contributed by atoms with Crippen LogP contribution in [0.15, 0.2) is 24.5 Å². The second-order valence-electron chi connectivity index (χ2n) is 5.34. The lowest BCUT2D eigenvalue weighted by Crippen LogP contribution is -2.13. The highest BCUT2D eigenvalue weighted by molar-refractivity contribution is 14.1. The Balaban J connectivity index is 2.07. The lowest BCUT2D eigenvalue weighted by molar-refractivity contribution is 0.347. The van der Waals surface area contributed by atoms with E-state index < -0.39 is 0 Å². The van der Waals surface area contributed by atoms with Gasteiger partial charge in [-0.1, -0.05) is 13.8 Å². The molecule has 0 aromatic carbocycles. The van der Waals surface area contributed by atoms with Gasteiger partial charge in [-0.05, 0) is 46.6 Å². The zero-order valence-corrected chi connectivity index (χ0v) is 12.1. The van der Waals surface area contributed by atoms with Crippen LogP contribution in [-0.2, 0) is 13.0 Å². The van der Waals surface area contributed by atoms with Gasteiger partial charge in [-0.15, -0.1) is 0 Å². The zero-order chi connectivity index (χ0) is 12.0. The molecule has 0 fully saturated rings. The van der Waals surface area contributed by atoms with E-state index in [-0.39, 0.29) is 0 Å². The van der Waals surface area contributed by atoms with E-state index in [0.29, 0.717) is 5.41 Å². The highest BCUT2D eigenvalue weighted by Crippen LogP contribution is 2.37. The molecule has 1 aliphatic rings. The minimum absolute atomic E-state index is 0.346. The Morgan fingerprint density at radius 2 is 2.00 bits per heavy atom. The third-order valence-corrected chi connectivity index (χ3v) is 4.30. The first-order valence-electron chi connectivity index (χ1n) is 5.72. The van der Waals surface area contributed by atoms with E-state index in [1.165, 1.54) is 9.26 Å². The topological polar surface area (TPSA) is 30.7 Å². The van der Waals surface area contributed by atoms with E-state index in [1.54, 1.807) is 0 Å². The molecular formula is C13H14IN3. The molecule has 0 radical (unpaired) electrons. The molecule has 2 aromatic rings. The van der Waals surface area contributed by atoms with Crippen molar-refractivity contribution in [1.82, 2.24) is 14.8 Å². The van der Waals surface area contributed by atoms with Gasteiger partial charge in [-0.25, -0.2) is 0 Å². The summed E-state index contributed by atoms with van der Waals surface area (Å²) in [5.74, 6) is 0. The first kappa shape index (κ1) is 11.2. The molecule has 0 unspecified atom stereocenters. The normalized spacial score (nSPS) is 17.1. The van der Waals surface area contributed by atoms with Crippen molar-refractivity contribution in [3.8, 4) is 11.3 Å².